The van der Waals surface area contributed by atoms with Gasteiger partial charge in [0.25, 0.3) is 0 Å². The zero-order valence-corrected chi connectivity index (χ0v) is 13.1. The summed E-state index contributed by atoms with van der Waals surface area (Å²) in [5.74, 6) is 2.48. The van der Waals surface area contributed by atoms with Gasteiger partial charge in [0.05, 0.1) is 18.5 Å². The van der Waals surface area contributed by atoms with E-state index in [1.807, 2.05) is 26.0 Å². The molecule has 0 aliphatic rings. The summed E-state index contributed by atoms with van der Waals surface area (Å²) in [5, 5.41) is 10.4. The van der Waals surface area contributed by atoms with Gasteiger partial charge in [0.2, 0.25) is 0 Å². The summed E-state index contributed by atoms with van der Waals surface area (Å²) in [6.45, 7) is 9.42. The maximum absolute atomic E-state index is 5.31. The molecule has 0 saturated carbocycles. The van der Waals surface area contributed by atoms with Crippen molar-refractivity contribution in [3.63, 3.8) is 0 Å². The second kappa shape index (κ2) is 8.07. The smallest absolute Gasteiger partial charge is 0.191 e. The van der Waals surface area contributed by atoms with Crippen LogP contribution in [0.3, 0.4) is 0 Å². The minimum Gasteiger partial charge on any atom is -0.469 e. The van der Waals surface area contributed by atoms with E-state index in [4.69, 9.17) is 8.94 Å². The molecule has 0 radical (unpaired) electrons. The highest BCUT2D eigenvalue weighted by molar-refractivity contribution is 5.79. The van der Waals surface area contributed by atoms with Crippen LogP contribution >= 0.6 is 0 Å². The lowest BCUT2D eigenvalue weighted by molar-refractivity contribution is 0.392. The third-order valence-corrected chi connectivity index (χ3v) is 3.23. The summed E-state index contributed by atoms with van der Waals surface area (Å²) >= 11 is 0. The topological polar surface area (TPSA) is 75.6 Å². The van der Waals surface area contributed by atoms with Crippen molar-refractivity contribution in [2.24, 2.45) is 4.99 Å². The first-order chi connectivity index (χ1) is 10.7. The van der Waals surface area contributed by atoms with Gasteiger partial charge in [0, 0.05) is 25.1 Å². The Hall–Kier alpha value is -2.50. The quantitative estimate of drug-likeness (QED) is 0.466. The van der Waals surface area contributed by atoms with Crippen LogP contribution in [0.15, 0.2) is 45.0 Å². The second-order valence-corrected chi connectivity index (χ2v) is 4.89. The lowest BCUT2D eigenvalue weighted by Crippen LogP contribution is -2.38. The molecule has 0 aromatic carbocycles. The van der Waals surface area contributed by atoms with E-state index in [1.165, 1.54) is 0 Å². The Labute approximate surface area is 130 Å². The van der Waals surface area contributed by atoms with Crippen LogP contribution in [0.1, 0.15) is 22.8 Å². The van der Waals surface area contributed by atoms with Crippen LogP contribution < -0.4 is 10.6 Å². The van der Waals surface area contributed by atoms with E-state index < -0.39 is 0 Å². The fourth-order valence-electron chi connectivity index (χ4n) is 1.99. The van der Waals surface area contributed by atoms with Crippen molar-refractivity contribution in [1.29, 1.82) is 0 Å². The van der Waals surface area contributed by atoms with Crippen LogP contribution in [0.4, 0.5) is 0 Å². The SMILES string of the molecule is C=CCNC(=NCc1c(C)noc1C)NCCc1ccco1. The van der Waals surface area contributed by atoms with E-state index >= 15 is 0 Å². The Morgan fingerprint density at radius 2 is 2.27 bits per heavy atom. The maximum Gasteiger partial charge on any atom is 0.191 e. The van der Waals surface area contributed by atoms with Gasteiger partial charge in [-0.15, -0.1) is 6.58 Å². The molecule has 2 N–H and O–H groups in total. The van der Waals surface area contributed by atoms with Gasteiger partial charge >= 0.3 is 0 Å². The van der Waals surface area contributed by atoms with E-state index in [-0.39, 0.29) is 0 Å². The summed E-state index contributed by atoms with van der Waals surface area (Å²) in [6.07, 6.45) is 4.27. The predicted molar refractivity (Wildman–Crippen MR) is 85.7 cm³/mol. The molecule has 0 spiro atoms. The molecule has 118 valence electrons. The normalized spacial score (nSPS) is 11.5. The Morgan fingerprint density at radius 1 is 1.41 bits per heavy atom. The lowest BCUT2D eigenvalue weighted by Gasteiger charge is -2.10. The Kier molecular flexibility index (Phi) is 5.82. The predicted octanol–water partition coefficient (Wildman–Crippen LogP) is 2.35. The zero-order valence-electron chi connectivity index (χ0n) is 13.1. The summed E-state index contributed by atoms with van der Waals surface area (Å²) < 4.78 is 10.5. The maximum atomic E-state index is 5.31. The fraction of sp³-hybridized carbons (Fsp3) is 0.375. The largest absolute Gasteiger partial charge is 0.469 e. The van der Waals surface area contributed by atoms with Gasteiger partial charge in [0.15, 0.2) is 5.96 Å². The van der Waals surface area contributed by atoms with Gasteiger partial charge < -0.3 is 19.6 Å². The fourth-order valence-corrected chi connectivity index (χ4v) is 1.99. The minimum absolute atomic E-state index is 0.522. The van der Waals surface area contributed by atoms with E-state index in [0.717, 1.165) is 41.7 Å². The van der Waals surface area contributed by atoms with Crippen molar-refractivity contribution in [3.8, 4) is 0 Å². The number of guanidine groups is 1. The van der Waals surface area contributed by atoms with E-state index in [0.29, 0.717) is 13.1 Å². The molecular formula is C16H22N4O2. The summed E-state index contributed by atoms with van der Waals surface area (Å²) in [5.41, 5.74) is 1.89. The molecule has 2 aromatic rings. The minimum atomic E-state index is 0.522. The molecule has 2 rings (SSSR count). The van der Waals surface area contributed by atoms with Crippen LogP contribution in [-0.2, 0) is 13.0 Å². The van der Waals surface area contributed by atoms with Crippen LogP contribution in [0.5, 0.6) is 0 Å². The third-order valence-electron chi connectivity index (χ3n) is 3.23. The number of rotatable bonds is 7. The van der Waals surface area contributed by atoms with Crippen molar-refractivity contribution < 1.29 is 8.94 Å². The molecule has 6 heteroatoms. The van der Waals surface area contributed by atoms with Crippen molar-refractivity contribution in [3.05, 3.63) is 53.8 Å². The van der Waals surface area contributed by atoms with Gasteiger partial charge in [-0.05, 0) is 26.0 Å². The number of aliphatic imine (C=N–C) groups is 1. The lowest BCUT2D eigenvalue weighted by atomic mass is 10.2. The molecule has 2 heterocycles. The standard InChI is InChI=1S/C16H22N4O2/c1-4-8-17-16(18-9-7-14-6-5-10-21-14)19-11-15-12(2)20-22-13(15)3/h4-6,10H,1,7-9,11H2,2-3H3,(H2,17,18,19). The van der Waals surface area contributed by atoms with Crippen molar-refractivity contribution in [1.82, 2.24) is 15.8 Å². The monoisotopic (exact) mass is 302 g/mol. The van der Waals surface area contributed by atoms with E-state index in [2.05, 4.69) is 27.4 Å². The zero-order chi connectivity index (χ0) is 15.8. The van der Waals surface area contributed by atoms with Gasteiger partial charge in [-0.1, -0.05) is 11.2 Å². The number of nitrogens with one attached hydrogen (secondary N) is 2. The first-order valence-electron chi connectivity index (χ1n) is 7.28. The van der Waals surface area contributed by atoms with E-state index in [1.54, 1.807) is 12.3 Å². The molecule has 0 saturated heterocycles. The van der Waals surface area contributed by atoms with Gasteiger partial charge in [-0.25, -0.2) is 4.99 Å². The third kappa shape index (κ3) is 4.51. The first-order valence-corrected chi connectivity index (χ1v) is 7.28. The Morgan fingerprint density at radius 3 is 2.91 bits per heavy atom. The molecule has 0 aliphatic heterocycles. The van der Waals surface area contributed by atoms with Gasteiger partial charge in [0.1, 0.15) is 11.5 Å². The number of hydrogen-bond donors (Lipinski definition) is 2. The number of aromatic nitrogens is 1. The van der Waals surface area contributed by atoms with Crippen LogP contribution in [0.2, 0.25) is 0 Å². The molecule has 0 aliphatic carbocycles. The molecule has 0 amide bonds. The Bertz CT molecular complexity index is 595. The second-order valence-electron chi connectivity index (χ2n) is 4.89. The Balaban J connectivity index is 1.92. The molecule has 2 aromatic heterocycles. The highest BCUT2D eigenvalue weighted by Gasteiger charge is 2.08. The van der Waals surface area contributed by atoms with Crippen LogP contribution in [0.25, 0.3) is 0 Å². The molecule has 0 fully saturated rings. The number of nitrogens with zero attached hydrogens (tertiary/aromatic N) is 2. The number of furan rings is 1. The number of hydrogen-bond acceptors (Lipinski definition) is 4. The van der Waals surface area contributed by atoms with Gasteiger partial charge in [-0.2, -0.15) is 0 Å². The highest BCUT2D eigenvalue weighted by Crippen LogP contribution is 2.12. The average Bonchev–Trinajstić information content (AvgIpc) is 3.13. The number of aryl methyl sites for hydroxylation is 2. The summed E-state index contributed by atoms with van der Waals surface area (Å²) in [4.78, 5) is 4.56. The summed E-state index contributed by atoms with van der Waals surface area (Å²) in [6, 6.07) is 3.84. The van der Waals surface area contributed by atoms with Crippen molar-refractivity contribution in [2.45, 2.75) is 26.8 Å². The molecule has 0 atom stereocenters. The van der Waals surface area contributed by atoms with Gasteiger partial charge in [-0.3, -0.25) is 0 Å². The van der Waals surface area contributed by atoms with Crippen molar-refractivity contribution >= 4 is 5.96 Å². The highest BCUT2D eigenvalue weighted by atomic mass is 16.5. The molecule has 6 nitrogen and oxygen atoms in total. The molecular weight excluding hydrogens is 280 g/mol. The molecule has 22 heavy (non-hydrogen) atoms. The van der Waals surface area contributed by atoms with E-state index in [9.17, 15) is 0 Å². The summed E-state index contributed by atoms with van der Waals surface area (Å²) in [7, 11) is 0. The molecule has 0 bridgehead atoms. The first kappa shape index (κ1) is 15.9. The average molecular weight is 302 g/mol. The molecule has 0 unspecified atom stereocenters. The van der Waals surface area contributed by atoms with Crippen molar-refractivity contribution in [2.75, 3.05) is 13.1 Å². The van der Waals surface area contributed by atoms with Crippen LogP contribution in [0, 0.1) is 13.8 Å². The van der Waals surface area contributed by atoms with Crippen LogP contribution in [-0.4, -0.2) is 24.2 Å².